The molecule has 0 N–H and O–H groups in total. The number of likely N-dealkylation sites (tertiary alicyclic amines) is 1. The first-order valence-electron chi connectivity index (χ1n) is 5.69. The highest BCUT2D eigenvalue weighted by atomic mass is 16.5. The predicted molar refractivity (Wildman–Crippen MR) is 58.1 cm³/mol. The van der Waals surface area contributed by atoms with Crippen molar-refractivity contribution in [2.24, 2.45) is 5.41 Å². The molecular formula is C12H21NO. The van der Waals surface area contributed by atoms with Crippen LogP contribution < -0.4 is 0 Å². The molecule has 0 aromatic heterocycles. The van der Waals surface area contributed by atoms with Gasteiger partial charge in [-0.15, -0.1) is 0 Å². The second-order valence-corrected chi connectivity index (χ2v) is 4.77. The Kier molecular flexibility index (Phi) is 2.56. The maximum absolute atomic E-state index is 5.80. The Morgan fingerprint density at radius 1 is 1.36 bits per heavy atom. The van der Waals surface area contributed by atoms with Crippen LogP contribution in [-0.2, 0) is 4.74 Å². The van der Waals surface area contributed by atoms with Gasteiger partial charge in [-0.2, -0.15) is 0 Å². The molecule has 2 heteroatoms. The minimum atomic E-state index is 0.401. The Labute approximate surface area is 86.9 Å². The first-order valence-corrected chi connectivity index (χ1v) is 5.69. The van der Waals surface area contributed by atoms with Crippen LogP contribution in [0.3, 0.4) is 0 Å². The summed E-state index contributed by atoms with van der Waals surface area (Å²) in [6.07, 6.45) is 3.61. The van der Waals surface area contributed by atoms with Crippen molar-refractivity contribution in [2.75, 3.05) is 26.7 Å². The highest BCUT2D eigenvalue weighted by Gasteiger charge is 2.41. The highest BCUT2D eigenvalue weighted by molar-refractivity contribution is 5.22. The van der Waals surface area contributed by atoms with E-state index >= 15 is 0 Å². The van der Waals surface area contributed by atoms with Crippen molar-refractivity contribution in [3.05, 3.63) is 11.3 Å². The van der Waals surface area contributed by atoms with E-state index in [0.717, 1.165) is 13.0 Å². The number of hydrogen-bond donors (Lipinski definition) is 0. The van der Waals surface area contributed by atoms with Gasteiger partial charge in [0.2, 0.25) is 0 Å². The van der Waals surface area contributed by atoms with Gasteiger partial charge in [0.25, 0.3) is 0 Å². The van der Waals surface area contributed by atoms with Crippen molar-refractivity contribution in [2.45, 2.75) is 33.1 Å². The van der Waals surface area contributed by atoms with Gasteiger partial charge >= 0.3 is 0 Å². The molecule has 2 aliphatic heterocycles. The predicted octanol–water partition coefficient (Wildman–Crippen LogP) is 2.41. The summed E-state index contributed by atoms with van der Waals surface area (Å²) in [4.78, 5) is 2.42. The van der Waals surface area contributed by atoms with Crippen molar-refractivity contribution in [3.63, 3.8) is 0 Å². The monoisotopic (exact) mass is 195 g/mol. The fourth-order valence-corrected chi connectivity index (χ4v) is 2.67. The van der Waals surface area contributed by atoms with Crippen LogP contribution in [0.15, 0.2) is 11.3 Å². The zero-order chi connectivity index (χ0) is 10.2. The number of allylic oxidation sites excluding steroid dienone is 1. The lowest BCUT2D eigenvalue weighted by Gasteiger charge is -2.37. The maximum Gasteiger partial charge on any atom is 0.0972 e. The van der Waals surface area contributed by atoms with Gasteiger partial charge in [0.1, 0.15) is 0 Å². The Morgan fingerprint density at radius 2 is 2.00 bits per heavy atom. The summed E-state index contributed by atoms with van der Waals surface area (Å²) in [6, 6.07) is 0. The summed E-state index contributed by atoms with van der Waals surface area (Å²) in [5.41, 5.74) is 1.94. The maximum atomic E-state index is 5.80. The van der Waals surface area contributed by atoms with Crippen LogP contribution in [0, 0.1) is 5.41 Å². The third kappa shape index (κ3) is 1.46. The standard InChI is InChI=1S/C12H21NO/c1-4-11-10(2)12(9-14-11)5-7-13(3)8-6-12/h4-9H2,1-3H3. The van der Waals surface area contributed by atoms with Gasteiger partial charge in [-0.3, -0.25) is 0 Å². The van der Waals surface area contributed by atoms with E-state index in [0.29, 0.717) is 5.41 Å². The molecule has 2 aliphatic rings. The molecule has 1 spiro atoms. The Balaban J connectivity index is 2.15. The first-order chi connectivity index (χ1) is 6.68. The van der Waals surface area contributed by atoms with E-state index in [2.05, 4.69) is 25.8 Å². The third-order valence-electron chi connectivity index (χ3n) is 4.00. The van der Waals surface area contributed by atoms with Crippen LogP contribution in [0.5, 0.6) is 0 Å². The minimum absolute atomic E-state index is 0.401. The quantitative estimate of drug-likeness (QED) is 0.637. The van der Waals surface area contributed by atoms with Crippen LogP contribution >= 0.6 is 0 Å². The molecule has 2 rings (SSSR count). The van der Waals surface area contributed by atoms with Crippen molar-refractivity contribution in [1.82, 2.24) is 4.90 Å². The molecule has 1 fully saturated rings. The zero-order valence-corrected chi connectivity index (χ0v) is 9.60. The zero-order valence-electron chi connectivity index (χ0n) is 9.60. The van der Waals surface area contributed by atoms with E-state index in [1.165, 1.54) is 37.3 Å². The number of ether oxygens (including phenoxy) is 1. The molecular weight excluding hydrogens is 174 g/mol. The molecule has 0 unspecified atom stereocenters. The van der Waals surface area contributed by atoms with Crippen LogP contribution in [0.25, 0.3) is 0 Å². The summed E-state index contributed by atoms with van der Waals surface area (Å²) in [5.74, 6) is 1.26. The SMILES string of the molecule is CCC1=C(C)C2(CCN(C)CC2)CO1. The van der Waals surface area contributed by atoms with Crippen LogP contribution in [0.4, 0.5) is 0 Å². The average Bonchev–Trinajstić information content (AvgIpc) is 2.50. The molecule has 0 bridgehead atoms. The lowest BCUT2D eigenvalue weighted by molar-refractivity contribution is 0.0958. The number of hydrogen-bond acceptors (Lipinski definition) is 2. The molecule has 0 aromatic carbocycles. The van der Waals surface area contributed by atoms with E-state index < -0.39 is 0 Å². The molecule has 80 valence electrons. The number of rotatable bonds is 1. The van der Waals surface area contributed by atoms with Crippen molar-refractivity contribution in [1.29, 1.82) is 0 Å². The van der Waals surface area contributed by atoms with Gasteiger partial charge < -0.3 is 9.64 Å². The molecule has 0 aromatic rings. The topological polar surface area (TPSA) is 12.5 Å². The lowest BCUT2D eigenvalue weighted by Crippen LogP contribution is -2.39. The van der Waals surface area contributed by atoms with Crippen molar-refractivity contribution in [3.8, 4) is 0 Å². The smallest absolute Gasteiger partial charge is 0.0972 e. The van der Waals surface area contributed by atoms with Crippen LogP contribution in [-0.4, -0.2) is 31.6 Å². The minimum Gasteiger partial charge on any atom is -0.497 e. The molecule has 0 aliphatic carbocycles. The van der Waals surface area contributed by atoms with Crippen LogP contribution in [0.1, 0.15) is 33.1 Å². The van der Waals surface area contributed by atoms with Crippen molar-refractivity contribution < 1.29 is 4.74 Å². The van der Waals surface area contributed by atoms with Gasteiger partial charge in [0.15, 0.2) is 0 Å². The largest absolute Gasteiger partial charge is 0.497 e. The Bertz CT molecular complexity index is 249. The first kappa shape index (κ1) is 10.0. The molecule has 14 heavy (non-hydrogen) atoms. The fraction of sp³-hybridized carbons (Fsp3) is 0.833. The van der Waals surface area contributed by atoms with E-state index in [1.807, 2.05) is 0 Å². The summed E-state index contributed by atoms with van der Waals surface area (Å²) < 4.78 is 5.80. The normalized spacial score (nSPS) is 27.1. The Hall–Kier alpha value is -0.500. The fourth-order valence-electron chi connectivity index (χ4n) is 2.67. The van der Waals surface area contributed by atoms with Gasteiger partial charge in [0, 0.05) is 11.8 Å². The molecule has 0 radical (unpaired) electrons. The Morgan fingerprint density at radius 3 is 2.50 bits per heavy atom. The molecule has 0 amide bonds. The second kappa shape index (κ2) is 3.58. The lowest BCUT2D eigenvalue weighted by atomic mass is 9.74. The molecule has 0 saturated carbocycles. The van der Waals surface area contributed by atoms with Gasteiger partial charge in [0.05, 0.1) is 12.4 Å². The van der Waals surface area contributed by atoms with E-state index in [-0.39, 0.29) is 0 Å². The summed E-state index contributed by atoms with van der Waals surface area (Å²) in [7, 11) is 2.21. The van der Waals surface area contributed by atoms with Crippen LogP contribution in [0.2, 0.25) is 0 Å². The summed E-state index contributed by atoms with van der Waals surface area (Å²) in [5, 5.41) is 0. The molecule has 1 saturated heterocycles. The van der Waals surface area contributed by atoms with Gasteiger partial charge in [-0.25, -0.2) is 0 Å². The van der Waals surface area contributed by atoms with Gasteiger partial charge in [-0.05, 0) is 45.5 Å². The molecule has 2 nitrogen and oxygen atoms in total. The highest BCUT2D eigenvalue weighted by Crippen LogP contribution is 2.45. The molecule has 2 heterocycles. The van der Waals surface area contributed by atoms with E-state index in [9.17, 15) is 0 Å². The van der Waals surface area contributed by atoms with E-state index in [1.54, 1.807) is 0 Å². The molecule has 0 atom stereocenters. The van der Waals surface area contributed by atoms with Gasteiger partial charge in [-0.1, -0.05) is 6.92 Å². The van der Waals surface area contributed by atoms with Crippen molar-refractivity contribution >= 4 is 0 Å². The summed E-state index contributed by atoms with van der Waals surface area (Å²) in [6.45, 7) is 7.84. The average molecular weight is 195 g/mol. The third-order valence-corrected chi connectivity index (χ3v) is 4.00. The second-order valence-electron chi connectivity index (χ2n) is 4.77. The summed E-state index contributed by atoms with van der Waals surface area (Å²) >= 11 is 0. The number of piperidine rings is 1. The van der Waals surface area contributed by atoms with E-state index in [4.69, 9.17) is 4.74 Å². The number of nitrogens with zero attached hydrogens (tertiary/aromatic N) is 1.